The standard InChI is InChI=1S/C18H23NO2/c1-4-9-19-12-14-10-16(20-2)17(21-3)11-15(14)18(13-19)7-5-6-8-18/h1,10-11H,5-9,12-13H2,2-3H3. The van der Waals surface area contributed by atoms with Crippen molar-refractivity contribution in [2.75, 3.05) is 27.3 Å². The number of hydrogen-bond acceptors (Lipinski definition) is 3. The van der Waals surface area contributed by atoms with E-state index in [2.05, 4.69) is 23.0 Å². The molecule has 1 aliphatic carbocycles. The van der Waals surface area contributed by atoms with E-state index in [4.69, 9.17) is 15.9 Å². The average Bonchev–Trinajstić information content (AvgIpc) is 2.95. The molecule has 0 amide bonds. The highest BCUT2D eigenvalue weighted by Crippen LogP contribution is 2.48. The lowest BCUT2D eigenvalue weighted by atomic mass is 9.73. The molecule has 21 heavy (non-hydrogen) atoms. The van der Waals surface area contributed by atoms with Crippen molar-refractivity contribution in [3.05, 3.63) is 23.3 Å². The van der Waals surface area contributed by atoms with Crippen molar-refractivity contribution in [3.8, 4) is 23.8 Å². The lowest BCUT2D eigenvalue weighted by molar-refractivity contribution is 0.195. The molecule has 1 saturated carbocycles. The summed E-state index contributed by atoms with van der Waals surface area (Å²) in [6.07, 6.45) is 10.6. The predicted molar refractivity (Wildman–Crippen MR) is 83.8 cm³/mol. The number of fused-ring (bicyclic) bond motifs is 2. The van der Waals surface area contributed by atoms with E-state index in [9.17, 15) is 0 Å². The van der Waals surface area contributed by atoms with Gasteiger partial charge in [-0.25, -0.2) is 0 Å². The number of nitrogens with zero attached hydrogens (tertiary/aromatic N) is 1. The fourth-order valence-corrected chi connectivity index (χ4v) is 4.08. The van der Waals surface area contributed by atoms with Gasteiger partial charge < -0.3 is 9.47 Å². The minimum Gasteiger partial charge on any atom is -0.493 e. The quantitative estimate of drug-likeness (QED) is 0.797. The van der Waals surface area contributed by atoms with E-state index in [1.54, 1.807) is 14.2 Å². The van der Waals surface area contributed by atoms with Crippen LogP contribution in [0.25, 0.3) is 0 Å². The highest BCUT2D eigenvalue weighted by atomic mass is 16.5. The Balaban J connectivity index is 2.08. The van der Waals surface area contributed by atoms with Crippen LogP contribution in [-0.2, 0) is 12.0 Å². The number of rotatable bonds is 3. The summed E-state index contributed by atoms with van der Waals surface area (Å²) in [5.74, 6) is 4.45. The maximum absolute atomic E-state index is 5.53. The average molecular weight is 285 g/mol. The third-order valence-corrected chi connectivity index (χ3v) is 4.98. The molecule has 3 nitrogen and oxygen atoms in total. The number of terminal acetylenes is 1. The summed E-state index contributed by atoms with van der Waals surface area (Å²) >= 11 is 0. The predicted octanol–water partition coefficient (Wildman–Crippen LogP) is 2.96. The van der Waals surface area contributed by atoms with Crippen molar-refractivity contribution in [2.45, 2.75) is 37.6 Å². The van der Waals surface area contributed by atoms with Gasteiger partial charge in [0.1, 0.15) is 0 Å². The molecule has 3 heteroatoms. The molecule has 0 aromatic heterocycles. The number of ether oxygens (including phenoxy) is 2. The molecule has 112 valence electrons. The fraction of sp³-hybridized carbons (Fsp3) is 0.556. The molecule has 1 fully saturated rings. The van der Waals surface area contributed by atoms with Crippen molar-refractivity contribution in [1.29, 1.82) is 0 Å². The topological polar surface area (TPSA) is 21.7 Å². The Morgan fingerprint density at radius 1 is 1.19 bits per heavy atom. The first-order chi connectivity index (χ1) is 10.2. The van der Waals surface area contributed by atoms with Crippen LogP contribution in [0.15, 0.2) is 12.1 Å². The van der Waals surface area contributed by atoms with Crippen LogP contribution in [0, 0.1) is 12.3 Å². The molecule has 0 unspecified atom stereocenters. The number of hydrogen-bond donors (Lipinski definition) is 0. The van der Waals surface area contributed by atoms with Crippen LogP contribution in [0.5, 0.6) is 11.5 Å². The maximum atomic E-state index is 5.53. The molecule has 1 aromatic carbocycles. The molecule has 1 heterocycles. The minimum atomic E-state index is 0.254. The summed E-state index contributed by atoms with van der Waals surface area (Å²) < 4.78 is 11.0. The zero-order chi connectivity index (χ0) is 14.9. The molecular formula is C18H23NO2. The van der Waals surface area contributed by atoms with Gasteiger partial charge in [-0.1, -0.05) is 18.8 Å². The largest absolute Gasteiger partial charge is 0.493 e. The molecule has 1 aliphatic heterocycles. The molecule has 2 aliphatic rings. The normalized spacial score (nSPS) is 20.0. The Bertz CT molecular complexity index is 567. The smallest absolute Gasteiger partial charge is 0.161 e. The first-order valence-corrected chi connectivity index (χ1v) is 7.63. The second-order valence-electron chi connectivity index (χ2n) is 6.20. The van der Waals surface area contributed by atoms with Crippen LogP contribution in [0.1, 0.15) is 36.8 Å². The Morgan fingerprint density at radius 2 is 1.86 bits per heavy atom. The highest BCUT2D eigenvalue weighted by molar-refractivity contribution is 5.51. The maximum Gasteiger partial charge on any atom is 0.161 e. The van der Waals surface area contributed by atoms with Gasteiger partial charge >= 0.3 is 0 Å². The zero-order valence-electron chi connectivity index (χ0n) is 12.9. The van der Waals surface area contributed by atoms with Crippen molar-refractivity contribution in [2.24, 2.45) is 0 Å². The number of methoxy groups -OCH3 is 2. The van der Waals surface area contributed by atoms with Gasteiger partial charge in [0, 0.05) is 18.5 Å². The minimum absolute atomic E-state index is 0.254. The third kappa shape index (κ3) is 2.38. The van der Waals surface area contributed by atoms with Crippen LogP contribution in [0.2, 0.25) is 0 Å². The molecule has 3 rings (SSSR count). The second kappa shape index (κ2) is 5.61. The molecule has 0 saturated heterocycles. The summed E-state index contributed by atoms with van der Waals surface area (Å²) in [6.45, 7) is 2.69. The summed E-state index contributed by atoms with van der Waals surface area (Å²) in [5, 5.41) is 0. The first kappa shape index (κ1) is 14.3. The van der Waals surface area contributed by atoms with Crippen LogP contribution in [-0.4, -0.2) is 32.2 Å². The van der Waals surface area contributed by atoms with E-state index in [-0.39, 0.29) is 5.41 Å². The van der Waals surface area contributed by atoms with Crippen LogP contribution < -0.4 is 9.47 Å². The van der Waals surface area contributed by atoms with Crippen molar-refractivity contribution in [1.82, 2.24) is 4.90 Å². The van der Waals surface area contributed by atoms with Gasteiger partial charge in [0.25, 0.3) is 0 Å². The van der Waals surface area contributed by atoms with Crippen LogP contribution >= 0.6 is 0 Å². The van der Waals surface area contributed by atoms with E-state index >= 15 is 0 Å². The van der Waals surface area contributed by atoms with Gasteiger partial charge in [-0.2, -0.15) is 0 Å². The molecule has 0 atom stereocenters. The Morgan fingerprint density at radius 3 is 2.48 bits per heavy atom. The van der Waals surface area contributed by atoms with E-state index in [1.165, 1.54) is 36.8 Å². The van der Waals surface area contributed by atoms with E-state index in [0.29, 0.717) is 0 Å². The monoisotopic (exact) mass is 285 g/mol. The summed E-state index contributed by atoms with van der Waals surface area (Å²) in [6, 6.07) is 4.34. The van der Waals surface area contributed by atoms with Crippen molar-refractivity contribution < 1.29 is 9.47 Å². The molecule has 0 bridgehead atoms. The van der Waals surface area contributed by atoms with Crippen LogP contribution in [0.4, 0.5) is 0 Å². The third-order valence-electron chi connectivity index (χ3n) is 4.98. The number of benzene rings is 1. The fourth-order valence-electron chi connectivity index (χ4n) is 4.08. The summed E-state index contributed by atoms with van der Waals surface area (Å²) in [5.41, 5.74) is 3.05. The summed E-state index contributed by atoms with van der Waals surface area (Å²) in [4.78, 5) is 2.39. The lowest BCUT2D eigenvalue weighted by Gasteiger charge is -2.42. The van der Waals surface area contributed by atoms with Gasteiger partial charge in [0.2, 0.25) is 0 Å². The van der Waals surface area contributed by atoms with Crippen molar-refractivity contribution >= 4 is 0 Å². The van der Waals surface area contributed by atoms with E-state index < -0.39 is 0 Å². The van der Waals surface area contributed by atoms with Crippen LogP contribution in [0.3, 0.4) is 0 Å². The summed E-state index contributed by atoms with van der Waals surface area (Å²) in [7, 11) is 3.40. The van der Waals surface area contributed by atoms with E-state index in [0.717, 1.165) is 31.1 Å². The Labute approximate surface area is 127 Å². The zero-order valence-corrected chi connectivity index (χ0v) is 12.9. The highest BCUT2D eigenvalue weighted by Gasteiger charge is 2.42. The van der Waals surface area contributed by atoms with Gasteiger partial charge in [-0.3, -0.25) is 4.90 Å². The van der Waals surface area contributed by atoms with Gasteiger partial charge in [-0.05, 0) is 36.1 Å². The first-order valence-electron chi connectivity index (χ1n) is 7.63. The molecule has 0 radical (unpaired) electrons. The lowest BCUT2D eigenvalue weighted by Crippen LogP contribution is -2.44. The molecular weight excluding hydrogens is 262 g/mol. The van der Waals surface area contributed by atoms with Gasteiger partial charge in [0.05, 0.1) is 20.8 Å². The van der Waals surface area contributed by atoms with E-state index in [1.807, 2.05) is 0 Å². The molecule has 1 aromatic rings. The Hall–Kier alpha value is -1.66. The SMILES string of the molecule is C#CCN1Cc2cc(OC)c(OC)cc2C2(CCCC2)C1. The second-order valence-corrected chi connectivity index (χ2v) is 6.20. The molecule has 0 N–H and O–H groups in total. The van der Waals surface area contributed by atoms with Gasteiger partial charge in [-0.15, -0.1) is 6.42 Å². The van der Waals surface area contributed by atoms with Crippen molar-refractivity contribution in [3.63, 3.8) is 0 Å². The Kier molecular flexibility index (Phi) is 3.82. The molecule has 1 spiro atoms. The van der Waals surface area contributed by atoms with Gasteiger partial charge in [0.15, 0.2) is 11.5 Å².